The number of nitrogens with one attached hydrogen (secondary N) is 1. The highest BCUT2D eigenvalue weighted by Crippen LogP contribution is 2.18. The van der Waals surface area contributed by atoms with Crippen molar-refractivity contribution in [2.24, 2.45) is 0 Å². The lowest BCUT2D eigenvalue weighted by Gasteiger charge is -2.16. The Hall–Kier alpha value is -2.24. The van der Waals surface area contributed by atoms with Gasteiger partial charge in [-0.3, -0.25) is 4.79 Å². The number of halogens is 2. The van der Waals surface area contributed by atoms with E-state index in [9.17, 15) is 13.6 Å². The maximum Gasteiger partial charge on any atom is 0.259 e. The number of aromatic nitrogens is 2. The summed E-state index contributed by atoms with van der Waals surface area (Å²) in [6, 6.07) is 4.55. The number of hydrogen-bond acceptors (Lipinski definition) is 2. The zero-order valence-electron chi connectivity index (χ0n) is 11.0. The van der Waals surface area contributed by atoms with Gasteiger partial charge in [0.15, 0.2) is 0 Å². The molecule has 0 radical (unpaired) electrons. The molecule has 0 bridgehead atoms. The first-order chi connectivity index (χ1) is 9.56. The van der Waals surface area contributed by atoms with Crippen molar-refractivity contribution in [3.63, 3.8) is 0 Å². The molecule has 0 saturated heterocycles. The summed E-state index contributed by atoms with van der Waals surface area (Å²) in [4.78, 5) is 15.6. The molecule has 2 atom stereocenters. The standard InChI is InChI=1S/C14H15F2N3O/c1-10(8-19-7-6-17-9-19)18-14(20)13(16)11-2-4-12(15)5-3-11/h2-7,9-10,13H,8H2,1H3,(H,18,20). The number of benzene rings is 1. The molecule has 0 aliphatic heterocycles. The predicted octanol–water partition coefficient (Wildman–Crippen LogP) is 2.24. The zero-order valence-corrected chi connectivity index (χ0v) is 11.0. The van der Waals surface area contributed by atoms with Crippen LogP contribution in [0.2, 0.25) is 0 Å². The number of rotatable bonds is 5. The van der Waals surface area contributed by atoms with E-state index in [0.717, 1.165) is 12.1 Å². The molecule has 2 aromatic rings. The van der Waals surface area contributed by atoms with Crippen LogP contribution in [0.3, 0.4) is 0 Å². The fourth-order valence-electron chi connectivity index (χ4n) is 1.86. The highest BCUT2D eigenvalue weighted by Gasteiger charge is 2.21. The number of carbonyl (C=O) groups excluding carboxylic acids is 1. The van der Waals surface area contributed by atoms with Crippen LogP contribution in [0, 0.1) is 5.82 Å². The molecule has 2 unspecified atom stereocenters. The van der Waals surface area contributed by atoms with Crippen molar-refractivity contribution in [3.8, 4) is 0 Å². The lowest BCUT2D eigenvalue weighted by molar-refractivity contribution is -0.126. The van der Waals surface area contributed by atoms with Gasteiger partial charge in [0, 0.05) is 25.0 Å². The average Bonchev–Trinajstić information content (AvgIpc) is 2.91. The summed E-state index contributed by atoms with van der Waals surface area (Å²) < 4.78 is 28.5. The van der Waals surface area contributed by atoms with E-state index in [2.05, 4.69) is 10.3 Å². The molecule has 0 aliphatic rings. The van der Waals surface area contributed by atoms with E-state index >= 15 is 0 Å². The van der Waals surface area contributed by atoms with Gasteiger partial charge in [-0.2, -0.15) is 0 Å². The van der Waals surface area contributed by atoms with E-state index in [1.807, 2.05) is 0 Å². The maximum absolute atomic E-state index is 13.9. The van der Waals surface area contributed by atoms with Crippen molar-refractivity contribution >= 4 is 5.91 Å². The van der Waals surface area contributed by atoms with Crippen LogP contribution in [-0.4, -0.2) is 21.5 Å². The highest BCUT2D eigenvalue weighted by molar-refractivity contribution is 5.82. The summed E-state index contributed by atoms with van der Waals surface area (Å²) in [6.45, 7) is 2.27. The number of alkyl halides is 1. The topological polar surface area (TPSA) is 46.9 Å². The Labute approximate surface area is 115 Å². The van der Waals surface area contributed by atoms with Gasteiger partial charge in [0.2, 0.25) is 6.17 Å². The van der Waals surface area contributed by atoms with Crippen molar-refractivity contribution in [1.82, 2.24) is 14.9 Å². The van der Waals surface area contributed by atoms with Crippen molar-refractivity contribution < 1.29 is 13.6 Å². The van der Waals surface area contributed by atoms with E-state index < -0.39 is 17.9 Å². The zero-order chi connectivity index (χ0) is 14.5. The fraction of sp³-hybridized carbons (Fsp3) is 0.286. The molecule has 0 spiro atoms. The molecular formula is C14H15F2N3O. The van der Waals surface area contributed by atoms with E-state index in [-0.39, 0.29) is 11.6 Å². The number of carbonyl (C=O) groups is 1. The van der Waals surface area contributed by atoms with Gasteiger partial charge < -0.3 is 9.88 Å². The summed E-state index contributed by atoms with van der Waals surface area (Å²) in [5, 5.41) is 2.57. The summed E-state index contributed by atoms with van der Waals surface area (Å²) in [5.74, 6) is -1.20. The number of nitrogens with zero attached hydrogens (tertiary/aromatic N) is 2. The first-order valence-corrected chi connectivity index (χ1v) is 6.22. The van der Waals surface area contributed by atoms with Crippen LogP contribution >= 0.6 is 0 Å². The smallest absolute Gasteiger partial charge is 0.259 e. The monoisotopic (exact) mass is 279 g/mol. The van der Waals surface area contributed by atoms with Gasteiger partial charge in [-0.25, -0.2) is 13.8 Å². The third kappa shape index (κ3) is 3.63. The summed E-state index contributed by atoms with van der Waals surface area (Å²) in [5.41, 5.74) is 0.138. The molecule has 106 valence electrons. The molecule has 1 aromatic carbocycles. The molecule has 1 heterocycles. The van der Waals surface area contributed by atoms with Crippen LogP contribution < -0.4 is 5.32 Å². The minimum absolute atomic E-state index is 0.138. The van der Waals surface area contributed by atoms with Gasteiger partial charge in [0.25, 0.3) is 5.91 Å². The van der Waals surface area contributed by atoms with E-state index in [1.54, 1.807) is 30.2 Å². The van der Waals surface area contributed by atoms with Crippen molar-refractivity contribution in [3.05, 3.63) is 54.4 Å². The van der Waals surface area contributed by atoms with Crippen LogP contribution in [0.15, 0.2) is 43.0 Å². The third-order valence-corrected chi connectivity index (χ3v) is 2.83. The molecule has 1 amide bonds. The van der Waals surface area contributed by atoms with Crippen molar-refractivity contribution in [1.29, 1.82) is 0 Å². The quantitative estimate of drug-likeness (QED) is 0.912. The molecule has 4 nitrogen and oxygen atoms in total. The molecule has 0 aliphatic carbocycles. The van der Waals surface area contributed by atoms with Gasteiger partial charge in [0.1, 0.15) is 5.82 Å². The first-order valence-electron chi connectivity index (χ1n) is 6.22. The Morgan fingerprint density at radius 3 is 2.70 bits per heavy atom. The number of amides is 1. The van der Waals surface area contributed by atoms with Gasteiger partial charge in [-0.1, -0.05) is 12.1 Å². The number of hydrogen-bond donors (Lipinski definition) is 1. The second-order valence-electron chi connectivity index (χ2n) is 4.58. The first kappa shape index (κ1) is 14.2. The predicted molar refractivity (Wildman–Crippen MR) is 70.1 cm³/mol. The minimum atomic E-state index is -1.80. The van der Waals surface area contributed by atoms with Crippen molar-refractivity contribution in [2.75, 3.05) is 0 Å². The Kier molecular flexibility index (Phi) is 4.45. The van der Waals surface area contributed by atoms with Crippen molar-refractivity contribution in [2.45, 2.75) is 25.7 Å². The van der Waals surface area contributed by atoms with Crippen LogP contribution in [0.1, 0.15) is 18.7 Å². The molecule has 0 saturated carbocycles. The van der Waals surface area contributed by atoms with Gasteiger partial charge in [0.05, 0.1) is 6.33 Å². The van der Waals surface area contributed by atoms with Crippen LogP contribution in [0.5, 0.6) is 0 Å². The summed E-state index contributed by atoms with van der Waals surface area (Å²) in [7, 11) is 0. The highest BCUT2D eigenvalue weighted by atomic mass is 19.1. The molecule has 2 rings (SSSR count). The Morgan fingerprint density at radius 1 is 1.40 bits per heavy atom. The SMILES string of the molecule is CC(Cn1ccnc1)NC(=O)C(F)c1ccc(F)cc1. The fourth-order valence-corrected chi connectivity index (χ4v) is 1.86. The molecule has 1 aromatic heterocycles. The summed E-state index contributed by atoms with van der Waals surface area (Å²) >= 11 is 0. The maximum atomic E-state index is 13.9. The third-order valence-electron chi connectivity index (χ3n) is 2.83. The largest absolute Gasteiger partial charge is 0.349 e. The van der Waals surface area contributed by atoms with E-state index in [1.165, 1.54) is 12.1 Å². The Morgan fingerprint density at radius 2 is 2.10 bits per heavy atom. The number of imidazole rings is 1. The van der Waals surface area contributed by atoms with Gasteiger partial charge >= 0.3 is 0 Å². The molecule has 6 heteroatoms. The van der Waals surface area contributed by atoms with E-state index in [0.29, 0.717) is 6.54 Å². The molecule has 1 N–H and O–H groups in total. The second kappa shape index (κ2) is 6.27. The molecular weight excluding hydrogens is 264 g/mol. The molecule has 0 fully saturated rings. The van der Waals surface area contributed by atoms with Crippen LogP contribution in [-0.2, 0) is 11.3 Å². The lowest BCUT2D eigenvalue weighted by atomic mass is 10.1. The lowest BCUT2D eigenvalue weighted by Crippen LogP contribution is -2.37. The second-order valence-corrected chi connectivity index (χ2v) is 4.58. The Balaban J connectivity index is 1.92. The van der Waals surface area contributed by atoms with Crippen LogP contribution in [0.25, 0.3) is 0 Å². The minimum Gasteiger partial charge on any atom is -0.349 e. The van der Waals surface area contributed by atoms with Crippen LogP contribution in [0.4, 0.5) is 8.78 Å². The molecule has 20 heavy (non-hydrogen) atoms. The average molecular weight is 279 g/mol. The van der Waals surface area contributed by atoms with E-state index in [4.69, 9.17) is 0 Å². The van der Waals surface area contributed by atoms with Gasteiger partial charge in [-0.15, -0.1) is 0 Å². The Bertz CT molecular complexity index is 554. The van der Waals surface area contributed by atoms with Gasteiger partial charge in [-0.05, 0) is 24.6 Å². The normalized spacial score (nSPS) is 13.8. The summed E-state index contributed by atoms with van der Waals surface area (Å²) in [6.07, 6.45) is 3.21.